The molecule has 0 aliphatic carbocycles. The van der Waals surface area contributed by atoms with E-state index in [0.29, 0.717) is 12.0 Å². The topological polar surface area (TPSA) is 12.5 Å². The van der Waals surface area contributed by atoms with Gasteiger partial charge in [0.2, 0.25) is 0 Å². The van der Waals surface area contributed by atoms with E-state index in [-0.39, 0.29) is 23.8 Å². The van der Waals surface area contributed by atoms with Gasteiger partial charge in [0.1, 0.15) is 11.6 Å². The Morgan fingerprint density at radius 2 is 2.07 bits per heavy atom. The fraction of sp³-hybridized carbons (Fsp3) is 0.455. The third-order valence-electron chi connectivity index (χ3n) is 2.54. The Hall–Kier alpha value is -0.960. The molecular weight excluding hydrogens is 186 g/mol. The molecule has 2 atom stereocenters. The average Bonchev–Trinajstić information content (AvgIpc) is 2.84. The Morgan fingerprint density at radius 3 is 2.71 bits per heavy atom. The van der Waals surface area contributed by atoms with E-state index in [1.54, 1.807) is 0 Å². The lowest BCUT2D eigenvalue weighted by Gasteiger charge is -2.01. The molecule has 2 rings (SSSR count). The van der Waals surface area contributed by atoms with E-state index >= 15 is 0 Å². The molecule has 0 amide bonds. The summed E-state index contributed by atoms with van der Waals surface area (Å²) in [4.78, 5) is 0. The van der Waals surface area contributed by atoms with E-state index in [0.717, 1.165) is 12.5 Å². The zero-order valence-electron chi connectivity index (χ0n) is 7.97. The van der Waals surface area contributed by atoms with Crippen molar-refractivity contribution in [3.63, 3.8) is 0 Å². The Bertz CT molecular complexity index is 338. The molecule has 1 aliphatic rings. The van der Waals surface area contributed by atoms with Gasteiger partial charge in [-0.15, -0.1) is 0 Å². The summed E-state index contributed by atoms with van der Waals surface area (Å²) in [6.07, 6.45) is 1.82. The van der Waals surface area contributed by atoms with Crippen LogP contribution in [0.5, 0.6) is 0 Å². The molecule has 2 unspecified atom stereocenters. The molecule has 1 aromatic carbocycles. The second-order valence-corrected chi connectivity index (χ2v) is 3.65. The van der Waals surface area contributed by atoms with E-state index in [1.807, 2.05) is 6.92 Å². The summed E-state index contributed by atoms with van der Waals surface area (Å²) in [6.45, 7) is 1.98. The molecule has 0 radical (unpaired) electrons. The number of hydrogen-bond acceptors (Lipinski definition) is 1. The summed E-state index contributed by atoms with van der Waals surface area (Å²) in [5, 5.41) is 0. The van der Waals surface area contributed by atoms with Gasteiger partial charge in [0.25, 0.3) is 0 Å². The zero-order valence-corrected chi connectivity index (χ0v) is 7.97. The second kappa shape index (κ2) is 3.65. The van der Waals surface area contributed by atoms with Crippen molar-refractivity contribution in [2.45, 2.75) is 32.0 Å². The van der Waals surface area contributed by atoms with Crippen LogP contribution in [-0.2, 0) is 11.2 Å². The number of ether oxygens (including phenoxy) is 1. The van der Waals surface area contributed by atoms with E-state index < -0.39 is 0 Å². The maximum atomic E-state index is 13.1. The van der Waals surface area contributed by atoms with Gasteiger partial charge in [-0.25, -0.2) is 8.78 Å². The van der Waals surface area contributed by atoms with Crippen molar-refractivity contribution in [1.29, 1.82) is 0 Å². The lowest BCUT2D eigenvalue weighted by molar-refractivity contribution is 0.369. The Kier molecular flexibility index (Phi) is 2.50. The van der Waals surface area contributed by atoms with Crippen molar-refractivity contribution in [3.8, 4) is 0 Å². The van der Waals surface area contributed by atoms with Gasteiger partial charge in [-0.2, -0.15) is 0 Å². The van der Waals surface area contributed by atoms with Gasteiger partial charge in [0.15, 0.2) is 0 Å². The van der Waals surface area contributed by atoms with Crippen LogP contribution in [0.2, 0.25) is 0 Å². The first-order chi connectivity index (χ1) is 6.66. The predicted molar refractivity (Wildman–Crippen MR) is 49.0 cm³/mol. The smallest absolute Gasteiger partial charge is 0.126 e. The van der Waals surface area contributed by atoms with Gasteiger partial charge < -0.3 is 4.74 Å². The second-order valence-electron chi connectivity index (χ2n) is 3.65. The van der Waals surface area contributed by atoms with Crippen LogP contribution >= 0.6 is 0 Å². The highest BCUT2D eigenvalue weighted by Crippen LogP contribution is 2.26. The normalized spacial score (nSPS) is 25.1. The molecule has 1 heterocycles. The molecule has 1 nitrogen and oxygen atoms in total. The van der Waals surface area contributed by atoms with Gasteiger partial charge in [-0.1, -0.05) is 0 Å². The molecule has 0 N–H and O–H groups in total. The highest BCUT2D eigenvalue weighted by atomic mass is 19.1. The van der Waals surface area contributed by atoms with Crippen molar-refractivity contribution < 1.29 is 13.5 Å². The summed E-state index contributed by atoms with van der Waals surface area (Å²) in [5.41, 5.74) is 0.438. The van der Waals surface area contributed by atoms with Crippen molar-refractivity contribution in [3.05, 3.63) is 35.4 Å². The highest BCUT2D eigenvalue weighted by Gasteiger charge is 2.33. The minimum absolute atomic E-state index is 0.234. The Balaban J connectivity index is 1.97. The SMILES string of the molecule is CC1OC1CCc1cc(F)ccc1F. The molecule has 0 saturated carbocycles. The van der Waals surface area contributed by atoms with Gasteiger partial charge >= 0.3 is 0 Å². The van der Waals surface area contributed by atoms with E-state index in [2.05, 4.69) is 0 Å². The van der Waals surface area contributed by atoms with Gasteiger partial charge in [-0.05, 0) is 43.5 Å². The molecule has 3 heteroatoms. The number of rotatable bonds is 3. The summed E-state index contributed by atoms with van der Waals surface area (Å²) < 4.78 is 31.1. The monoisotopic (exact) mass is 198 g/mol. The molecule has 1 saturated heterocycles. The Labute approximate surface area is 81.7 Å². The lowest BCUT2D eigenvalue weighted by atomic mass is 10.1. The molecular formula is C11H12F2O. The van der Waals surface area contributed by atoms with Gasteiger partial charge in [0.05, 0.1) is 12.2 Å². The van der Waals surface area contributed by atoms with Crippen LogP contribution in [0.4, 0.5) is 8.78 Å². The van der Waals surface area contributed by atoms with Crippen molar-refractivity contribution >= 4 is 0 Å². The average molecular weight is 198 g/mol. The molecule has 0 aromatic heterocycles. The third kappa shape index (κ3) is 2.10. The molecule has 0 spiro atoms. The summed E-state index contributed by atoms with van der Waals surface area (Å²) in [6, 6.07) is 3.55. The first-order valence-electron chi connectivity index (χ1n) is 4.76. The fourth-order valence-corrected chi connectivity index (χ4v) is 1.57. The predicted octanol–water partition coefficient (Wildman–Crippen LogP) is 2.68. The molecule has 14 heavy (non-hydrogen) atoms. The molecule has 1 fully saturated rings. The standard InChI is InChI=1S/C11H12F2O/c1-7-11(14-7)5-2-8-6-9(12)3-4-10(8)13/h3-4,6-7,11H,2,5H2,1H3. The van der Waals surface area contributed by atoms with Crippen LogP contribution in [0, 0.1) is 11.6 Å². The summed E-state index contributed by atoms with van der Waals surface area (Å²) in [5.74, 6) is -0.717. The number of hydrogen-bond donors (Lipinski definition) is 0. The van der Waals surface area contributed by atoms with Crippen molar-refractivity contribution in [1.82, 2.24) is 0 Å². The van der Waals surface area contributed by atoms with E-state index in [9.17, 15) is 8.78 Å². The van der Waals surface area contributed by atoms with E-state index in [1.165, 1.54) is 12.1 Å². The van der Waals surface area contributed by atoms with Crippen LogP contribution in [0.3, 0.4) is 0 Å². The van der Waals surface area contributed by atoms with Crippen LogP contribution in [-0.4, -0.2) is 12.2 Å². The lowest BCUT2D eigenvalue weighted by Crippen LogP contribution is -1.97. The van der Waals surface area contributed by atoms with Crippen LogP contribution in [0.25, 0.3) is 0 Å². The van der Waals surface area contributed by atoms with Gasteiger partial charge in [-0.3, -0.25) is 0 Å². The molecule has 76 valence electrons. The van der Waals surface area contributed by atoms with E-state index in [4.69, 9.17) is 4.74 Å². The van der Waals surface area contributed by atoms with Crippen LogP contribution < -0.4 is 0 Å². The number of halogens is 2. The molecule has 0 bridgehead atoms. The van der Waals surface area contributed by atoms with Crippen molar-refractivity contribution in [2.75, 3.05) is 0 Å². The number of epoxide rings is 1. The molecule has 1 aliphatic heterocycles. The first-order valence-corrected chi connectivity index (χ1v) is 4.76. The number of benzene rings is 1. The minimum atomic E-state index is -0.383. The summed E-state index contributed by atoms with van der Waals surface area (Å²) >= 11 is 0. The minimum Gasteiger partial charge on any atom is -0.370 e. The highest BCUT2D eigenvalue weighted by molar-refractivity contribution is 5.19. The van der Waals surface area contributed by atoms with Crippen molar-refractivity contribution in [2.24, 2.45) is 0 Å². The maximum Gasteiger partial charge on any atom is 0.126 e. The Morgan fingerprint density at radius 1 is 1.36 bits per heavy atom. The maximum absolute atomic E-state index is 13.1. The largest absolute Gasteiger partial charge is 0.370 e. The first kappa shape index (κ1) is 9.59. The third-order valence-corrected chi connectivity index (χ3v) is 2.54. The zero-order chi connectivity index (χ0) is 10.1. The quantitative estimate of drug-likeness (QED) is 0.680. The van der Waals surface area contributed by atoms with Crippen LogP contribution in [0.15, 0.2) is 18.2 Å². The van der Waals surface area contributed by atoms with Gasteiger partial charge in [0, 0.05) is 0 Å². The van der Waals surface area contributed by atoms with Crippen LogP contribution in [0.1, 0.15) is 18.9 Å². The molecule has 1 aromatic rings. The fourth-order valence-electron chi connectivity index (χ4n) is 1.57. The number of aryl methyl sites for hydroxylation is 1. The summed E-state index contributed by atoms with van der Waals surface area (Å²) in [7, 11) is 0.